The van der Waals surface area contributed by atoms with Crippen molar-refractivity contribution in [2.45, 2.75) is 32.5 Å². The minimum absolute atomic E-state index is 0.0294. The Morgan fingerprint density at radius 2 is 1.60 bits per heavy atom. The zero-order valence-electron chi connectivity index (χ0n) is 27.2. The molecule has 3 amide bonds. The number of fused-ring (bicyclic) bond motifs is 1. The molecule has 10 nitrogen and oxygen atoms in total. The predicted molar refractivity (Wildman–Crippen MR) is 183 cm³/mol. The zero-order valence-corrected chi connectivity index (χ0v) is 27.2. The quantitative estimate of drug-likeness (QED) is 0.172. The maximum Gasteiger partial charge on any atom is 0.323 e. The van der Waals surface area contributed by atoms with Crippen LogP contribution in [0.5, 0.6) is 23.0 Å². The first-order valence-electron chi connectivity index (χ1n) is 15.7. The maximum absolute atomic E-state index is 13.8. The molecule has 0 saturated heterocycles. The van der Waals surface area contributed by atoms with Crippen molar-refractivity contribution in [3.8, 4) is 23.0 Å². The molecule has 10 heteroatoms. The minimum atomic E-state index is -0.456. The van der Waals surface area contributed by atoms with Crippen molar-refractivity contribution >= 4 is 23.3 Å². The van der Waals surface area contributed by atoms with E-state index in [-0.39, 0.29) is 24.5 Å². The SMILES string of the molecule is COc1ccc(NC(=O)Nc2ccc3c(c2)C(=O)N([C@@H](C)CO)C[C@@H](C)[C@@H](CN(C)Cc2ccc(Oc4ccccc4)cc2)O3)cc1. The van der Waals surface area contributed by atoms with Crippen LogP contribution < -0.4 is 24.8 Å². The van der Waals surface area contributed by atoms with E-state index < -0.39 is 12.1 Å². The van der Waals surface area contributed by atoms with E-state index in [0.29, 0.717) is 48.1 Å². The molecular weight excluding hydrogens is 596 g/mol. The largest absolute Gasteiger partial charge is 0.497 e. The highest BCUT2D eigenvalue weighted by Crippen LogP contribution is 2.31. The van der Waals surface area contributed by atoms with Crippen LogP contribution in [0.2, 0.25) is 0 Å². The minimum Gasteiger partial charge on any atom is -0.497 e. The van der Waals surface area contributed by atoms with Crippen LogP contribution in [0.4, 0.5) is 16.2 Å². The molecule has 1 aliphatic rings. The lowest BCUT2D eigenvalue weighted by atomic mass is 9.99. The highest BCUT2D eigenvalue weighted by molar-refractivity contribution is 6.02. The fourth-order valence-corrected chi connectivity index (χ4v) is 5.46. The molecule has 0 fully saturated rings. The van der Waals surface area contributed by atoms with E-state index in [0.717, 1.165) is 17.1 Å². The zero-order chi connectivity index (χ0) is 33.3. The predicted octanol–water partition coefficient (Wildman–Crippen LogP) is 6.48. The lowest BCUT2D eigenvalue weighted by Gasteiger charge is -2.38. The molecule has 4 aromatic rings. The Morgan fingerprint density at radius 3 is 2.28 bits per heavy atom. The molecule has 3 N–H and O–H groups in total. The van der Waals surface area contributed by atoms with Gasteiger partial charge in [0.1, 0.15) is 29.1 Å². The van der Waals surface area contributed by atoms with Gasteiger partial charge in [-0.05, 0) is 86.3 Å². The highest BCUT2D eigenvalue weighted by atomic mass is 16.5. The van der Waals surface area contributed by atoms with Gasteiger partial charge in [0.2, 0.25) is 0 Å². The van der Waals surface area contributed by atoms with Crippen LogP contribution in [0.1, 0.15) is 29.8 Å². The normalized spacial score (nSPS) is 16.7. The van der Waals surface area contributed by atoms with E-state index in [4.69, 9.17) is 14.2 Å². The molecule has 0 aromatic heterocycles. The van der Waals surface area contributed by atoms with Crippen LogP contribution in [0.25, 0.3) is 0 Å². The highest BCUT2D eigenvalue weighted by Gasteiger charge is 2.33. The van der Waals surface area contributed by atoms with Crippen LogP contribution >= 0.6 is 0 Å². The van der Waals surface area contributed by atoms with E-state index in [1.54, 1.807) is 54.5 Å². The van der Waals surface area contributed by atoms with Crippen LogP contribution in [0, 0.1) is 5.92 Å². The topological polar surface area (TPSA) is 113 Å². The molecule has 47 heavy (non-hydrogen) atoms. The third-order valence-corrected chi connectivity index (χ3v) is 8.12. The number of ether oxygens (including phenoxy) is 3. The third-order valence-electron chi connectivity index (χ3n) is 8.12. The number of rotatable bonds is 11. The van der Waals surface area contributed by atoms with Crippen LogP contribution in [0.3, 0.4) is 0 Å². The summed E-state index contributed by atoms with van der Waals surface area (Å²) in [4.78, 5) is 30.5. The lowest BCUT2D eigenvalue weighted by molar-refractivity contribution is 0.0341. The van der Waals surface area contributed by atoms with Crippen molar-refractivity contribution in [3.63, 3.8) is 0 Å². The van der Waals surface area contributed by atoms with Crippen molar-refractivity contribution in [2.24, 2.45) is 5.92 Å². The van der Waals surface area contributed by atoms with Gasteiger partial charge in [-0.25, -0.2) is 4.79 Å². The molecule has 1 heterocycles. The Labute approximate surface area is 275 Å². The van der Waals surface area contributed by atoms with Gasteiger partial charge in [-0.1, -0.05) is 37.3 Å². The monoisotopic (exact) mass is 638 g/mol. The maximum atomic E-state index is 13.8. The van der Waals surface area contributed by atoms with Gasteiger partial charge >= 0.3 is 6.03 Å². The number of benzene rings is 4. The summed E-state index contributed by atoms with van der Waals surface area (Å²) in [5.41, 5.74) is 2.47. The van der Waals surface area contributed by atoms with Crippen LogP contribution in [-0.4, -0.2) is 72.8 Å². The van der Waals surface area contributed by atoms with Gasteiger partial charge in [-0.3, -0.25) is 9.69 Å². The fraction of sp³-hybridized carbons (Fsp3) is 0.297. The number of anilines is 2. The number of aliphatic hydroxyl groups is 1. The second-order valence-corrected chi connectivity index (χ2v) is 11.9. The standard InChI is InChI=1S/C37H42N4O6/c1-25-21-41(26(2)24-42)36(43)33-20-29(39-37(44)38-28-12-17-30(45-4)18-13-28)14-19-34(33)47-35(25)23-40(3)22-27-10-15-32(16-11-27)46-31-8-6-5-7-9-31/h5-20,25-26,35,42H,21-24H2,1-4H3,(H2,38,39,44)/t25-,26+,35-/m1/s1. The summed E-state index contributed by atoms with van der Waals surface area (Å²) >= 11 is 0. The number of amides is 3. The lowest BCUT2D eigenvalue weighted by Crippen LogP contribution is -2.49. The number of nitrogens with zero attached hydrogens (tertiary/aromatic N) is 2. The second-order valence-electron chi connectivity index (χ2n) is 11.9. The average molecular weight is 639 g/mol. The first kappa shape index (κ1) is 33.3. The van der Waals surface area contributed by atoms with Gasteiger partial charge in [-0.15, -0.1) is 0 Å². The van der Waals surface area contributed by atoms with E-state index in [2.05, 4.69) is 34.6 Å². The van der Waals surface area contributed by atoms with E-state index >= 15 is 0 Å². The van der Waals surface area contributed by atoms with Crippen molar-refractivity contribution < 1.29 is 28.9 Å². The van der Waals surface area contributed by atoms with Gasteiger partial charge in [0, 0.05) is 36.9 Å². The van der Waals surface area contributed by atoms with Gasteiger partial charge in [0.25, 0.3) is 5.91 Å². The second kappa shape index (κ2) is 15.5. The van der Waals surface area contributed by atoms with E-state index in [1.807, 2.05) is 56.4 Å². The summed E-state index contributed by atoms with van der Waals surface area (Å²) in [6.45, 7) is 5.40. The molecule has 0 radical (unpaired) electrons. The van der Waals surface area contributed by atoms with Crippen LogP contribution in [-0.2, 0) is 6.54 Å². The first-order valence-corrected chi connectivity index (χ1v) is 15.7. The molecule has 0 saturated carbocycles. The number of carbonyl (C=O) groups excluding carboxylic acids is 2. The first-order chi connectivity index (χ1) is 22.7. The smallest absolute Gasteiger partial charge is 0.323 e. The molecule has 0 aliphatic carbocycles. The Bertz CT molecular complexity index is 1630. The molecule has 0 spiro atoms. The number of hydrogen-bond donors (Lipinski definition) is 3. The van der Waals surface area contributed by atoms with Gasteiger partial charge < -0.3 is 34.9 Å². The molecule has 0 unspecified atom stereocenters. The number of hydrogen-bond acceptors (Lipinski definition) is 7. The third kappa shape index (κ3) is 8.81. The van der Waals surface area contributed by atoms with Crippen molar-refractivity contribution in [1.29, 1.82) is 0 Å². The number of aliphatic hydroxyl groups excluding tert-OH is 1. The Balaban J connectivity index is 1.29. The summed E-state index contributed by atoms with van der Waals surface area (Å²) in [5.74, 6) is 2.37. The van der Waals surface area contributed by atoms with Gasteiger partial charge in [0.05, 0.1) is 25.3 Å². The van der Waals surface area contributed by atoms with Crippen LogP contribution in [0.15, 0.2) is 97.1 Å². The Kier molecular flexibility index (Phi) is 11.0. The number of carbonyl (C=O) groups is 2. The van der Waals surface area contributed by atoms with E-state index in [1.165, 1.54) is 0 Å². The Hall–Kier alpha value is -5.06. The van der Waals surface area contributed by atoms with Gasteiger partial charge in [0.15, 0.2) is 0 Å². The molecular formula is C37H42N4O6. The summed E-state index contributed by atoms with van der Waals surface area (Å²) in [6.07, 6.45) is -0.252. The Morgan fingerprint density at radius 1 is 0.957 bits per heavy atom. The molecule has 0 bridgehead atoms. The molecule has 1 aliphatic heterocycles. The number of likely N-dealkylation sites (N-methyl/N-ethyl adjacent to an activating group) is 1. The number of urea groups is 1. The summed E-state index contributed by atoms with van der Waals surface area (Å²) in [6, 6.07) is 28.9. The summed E-state index contributed by atoms with van der Waals surface area (Å²) in [5, 5.41) is 15.6. The number of nitrogens with one attached hydrogen (secondary N) is 2. The summed E-state index contributed by atoms with van der Waals surface area (Å²) < 4.78 is 17.6. The number of methoxy groups -OCH3 is 1. The molecule has 246 valence electrons. The fourth-order valence-electron chi connectivity index (χ4n) is 5.46. The van der Waals surface area contributed by atoms with Crippen molar-refractivity contribution in [1.82, 2.24) is 9.80 Å². The van der Waals surface area contributed by atoms with Crippen molar-refractivity contribution in [3.05, 3.63) is 108 Å². The summed E-state index contributed by atoms with van der Waals surface area (Å²) in [7, 11) is 3.62. The molecule has 4 aromatic carbocycles. The molecule has 5 rings (SSSR count). The van der Waals surface area contributed by atoms with Gasteiger partial charge in [-0.2, -0.15) is 0 Å². The average Bonchev–Trinajstić information content (AvgIpc) is 3.08. The number of para-hydroxylation sites is 1. The molecule has 3 atom stereocenters. The van der Waals surface area contributed by atoms with E-state index in [9.17, 15) is 14.7 Å². The van der Waals surface area contributed by atoms with Crippen molar-refractivity contribution in [2.75, 3.05) is 44.5 Å².